The normalized spacial score (nSPS) is 10.9. The number of thioether (sulfide) groups is 1. The minimum atomic E-state index is -0.395. The quantitative estimate of drug-likeness (QED) is 0.216. The molecular weight excluding hydrogens is 374 g/mol. The molecule has 0 aliphatic heterocycles. The molecule has 0 aliphatic carbocycles. The third-order valence-electron chi connectivity index (χ3n) is 4.30. The zero-order valence-electron chi connectivity index (χ0n) is 14.7. The maximum Gasteiger partial charge on any atom is 0.273 e. The third-order valence-corrected chi connectivity index (χ3v) is 5.29. The monoisotopic (exact) mass is 389 g/mol. The molecule has 0 saturated heterocycles. The molecule has 0 atom stereocenters. The van der Waals surface area contributed by atoms with Gasteiger partial charge in [0, 0.05) is 17.4 Å². The molecule has 0 radical (unpaired) electrons. The second kappa shape index (κ2) is 7.66. The van der Waals surface area contributed by atoms with E-state index in [0.29, 0.717) is 33.1 Å². The number of para-hydroxylation sites is 3. The van der Waals surface area contributed by atoms with Crippen molar-refractivity contribution in [2.75, 3.05) is 0 Å². The van der Waals surface area contributed by atoms with Crippen LogP contribution in [0, 0.1) is 10.1 Å². The van der Waals surface area contributed by atoms with E-state index >= 15 is 0 Å². The fraction of sp³-hybridized carbons (Fsp3) is 0.0476. The largest absolute Gasteiger partial charge is 0.273 e. The van der Waals surface area contributed by atoms with Gasteiger partial charge in [-0.05, 0) is 24.3 Å². The van der Waals surface area contributed by atoms with Gasteiger partial charge < -0.3 is 0 Å². The summed E-state index contributed by atoms with van der Waals surface area (Å²) in [4.78, 5) is 28.7. The average Bonchev–Trinajstić information content (AvgIpc) is 2.73. The smallest absolute Gasteiger partial charge is 0.268 e. The van der Waals surface area contributed by atoms with Gasteiger partial charge >= 0.3 is 0 Å². The second-order valence-electron chi connectivity index (χ2n) is 6.06. The lowest BCUT2D eigenvalue weighted by Gasteiger charge is -2.13. The van der Waals surface area contributed by atoms with Crippen LogP contribution in [-0.4, -0.2) is 14.5 Å². The highest BCUT2D eigenvalue weighted by molar-refractivity contribution is 7.98. The number of aromatic nitrogens is 2. The minimum absolute atomic E-state index is 0.0596. The number of hydrogen-bond acceptors (Lipinski definition) is 5. The number of fused-ring (bicyclic) bond motifs is 1. The molecule has 0 amide bonds. The van der Waals surface area contributed by atoms with Crippen molar-refractivity contribution in [3.05, 3.63) is 105 Å². The van der Waals surface area contributed by atoms with Gasteiger partial charge in [0.1, 0.15) is 0 Å². The lowest BCUT2D eigenvalue weighted by Crippen LogP contribution is -2.21. The van der Waals surface area contributed by atoms with Crippen LogP contribution >= 0.6 is 11.8 Å². The highest BCUT2D eigenvalue weighted by Crippen LogP contribution is 2.28. The van der Waals surface area contributed by atoms with Crippen molar-refractivity contribution in [2.24, 2.45) is 0 Å². The summed E-state index contributed by atoms with van der Waals surface area (Å²) in [5, 5.41) is 12.3. The van der Waals surface area contributed by atoms with Gasteiger partial charge in [-0.25, -0.2) is 4.98 Å². The van der Waals surface area contributed by atoms with E-state index in [1.54, 1.807) is 41.0 Å². The van der Waals surface area contributed by atoms with Crippen molar-refractivity contribution < 1.29 is 4.92 Å². The average molecular weight is 389 g/mol. The molecule has 6 nitrogen and oxygen atoms in total. The van der Waals surface area contributed by atoms with E-state index in [9.17, 15) is 14.9 Å². The van der Waals surface area contributed by atoms with Crippen LogP contribution in [0.3, 0.4) is 0 Å². The van der Waals surface area contributed by atoms with Crippen molar-refractivity contribution in [3.8, 4) is 5.69 Å². The number of nitrogens with zero attached hydrogens (tertiary/aromatic N) is 3. The fourth-order valence-electron chi connectivity index (χ4n) is 2.97. The molecule has 4 rings (SSSR count). The van der Waals surface area contributed by atoms with Crippen molar-refractivity contribution in [2.45, 2.75) is 10.9 Å². The van der Waals surface area contributed by atoms with E-state index in [2.05, 4.69) is 4.98 Å². The Labute approximate surface area is 164 Å². The molecule has 0 aliphatic rings. The molecule has 0 unspecified atom stereocenters. The van der Waals surface area contributed by atoms with Crippen LogP contribution in [0.5, 0.6) is 0 Å². The van der Waals surface area contributed by atoms with Gasteiger partial charge in [-0.3, -0.25) is 19.5 Å². The van der Waals surface area contributed by atoms with Crippen LogP contribution in [0.2, 0.25) is 0 Å². The first-order valence-corrected chi connectivity index (χ1v) is 9.56. The van der Waals surface area contributed by atoms with Crippen LogP contribution < -0.4 is 5.56 Å². The Morgan fingerprint density at radius 2 is 1.61 bits per heavy atom. The fourth-order valence-corrected chi connectivity index (χ4v) is 3.98. The number of benzene rings is 3. The zero-order valence-corrected chi connectivity index (χ0v) is 15.5. The highest BCUT2D eigenvalue weighted by Gasteiger charge is 2.16. The Kier molecular flexibility index (Phi) is 4.90. The van der Waals surface area contributed by atoms with Crippen LogP contribution in [0.1, 0.15) is 5.56 Å². The van der Waals surface area contributed by atoms with E-state index in [-0.39, 0.29) is 11.2 Å². The Morgan fingerprint density at radius 3 is 2.39 bits per heavy atom. The molecule has 0 bridgehead atoms. The predicted molar refractivity (Wildman–Crippen MR) is 110 cm³/mol. The lowest BCUT2D eigenvalue weighted by atomic mass is 10.2. The standard InChI is InChI=1S/C21H15N3O3S/c25-20-17-11-5-6-12-18(17)22-21(23(20)16-9-2-1-3-10-16)28-14-15-8-4-7-13-19(15)24(26)27/h1-13H,14H2. The number of rotatable bonds is 5. The first-order valence-electron chi connectivity index (χ1n) is 8.57. The van der Waals surface area contributed by atoms with Gasteiger partial charge in [0.25, 0.3) is 11.2 Å². The molecule has 0 fully saturated rings. The molecule has 1 heterocycles. The van der Waals surface area contributed by atoms with Crippen LogP contribution in [0.25, 0.3) is 16.6 Å². The minimum Gasteiger partial charge on any atom is -0.268 e. The van der Waals surface area contributed by atoms with Crippen LogP contribution in [-0.2, 0) is 5.75 Å². The van der Waals surface area contributed by atoms with Gasteiger partial charge in [-0.15, -0.1) is 0 Å². The Morgan fingerprint density at radius 1 is 0.929 bits per heavy atom. The van der Waals surface area contributed by atoms with Crippen molar-refractivity contribution in [3.63, 3.8) is 0 Å². The van der Waals surface area contributed by atoms with Crippen LogP contribution in [0.4, 0.5) is 5.69 Å². The summed E-state index contributed by atoms with van der Waals surface area (Å²) >= 11 is 1.30. The van der Waals surface area contributed by atoms with E-state index in [1.165, 1.54) is 17.8 Å². The topological polar surface area (TPSA) is 78.0 Å². The molecule has 0 N–H and O–H groups in total. The van der Waals surface area contributed by atoms with Crippen molar-refractivity contribution in [1.29, 1.82) is 0 Å². The molecule has 7 heteroatoms. The van der Waals surface area contributed by atoms with Gasteiger partial charge in [0.2, 0.25) is 0 Å². The summed E-state index contributed by atoms with van der Waals surface area (Å²) in [5.41, 5.74) is 1.78. The van der Waals surface area contributed by atoms with E-state index in [0.717, 1.165) is 0 Å². The third kappa shape index (κ3) is 3.39. The van der Waals surface area contributed by atoms with Gasteiger partial charge in [-0.2, -0.15) is 0 Å². The number of nitro benzene ring substituents is 1. The van der Waals surface area contributed by atoms with Gasteiger partial charge in [0.15, 0.2) is 5.16 Å². The summed E-state index contributed by atoms with van der Waals surface area (Å²) < 4.78 is 1.56. The second-order valence-corrected chi connectivity index (χ2v) is 7.00. The molecule has 3 aromatic carbocycles. The summed E-state index contributed by atoms with van der Waals surface area (Å²) in [6, 6.07) is 23.1. The molecule has 0 saturated carbocycles. The Balaban J connectivity index is 1.82. The Hall–Kier alpha value is -3.45. The molecule has 28 heavy (non-hydrogen) atoms. The lowest BCUT2D eigenvalue weighted by molar-refractivity contribution is -0.385. The van der Waals surface area contributed by atoms with Crippen molar-refractivity contribution in [1.82, 2.24) is 9.55 Å². The summed E-state index contributed by atoms with van der Waals surface area (Å²) in [6.07, 6.45) is 0. The molecular formula is C21H15N3O3S. The molecule has 1 aromatic heterocycles. The highest BCUT2D eigenvalue weighted by atomic mass is 32.2. The summed E-state index contributed by atoms with van der Waals surface area (Å²) in [7, 11) is 0. The SMILES string of the molecule is O=c1c2ccccc2nc(SCc2ccccc2[N+](=O)[O-])n1-c1ccccc1. The molecule has 138 valence electrons. The number of hydrogen-bond donors (Lipinski definition) is 0. The maximum absolute atomic E-state index is 13.1. The van der Waals surface area contributed by atoms with Gasteiger partial charge in [0.05, 0.1) is 21.5 Å². The predicted octanol–water partition coefficient (Wildman–Crippen LogP) is 4.59. The number of nitro groups is 1. The van der Waals surface area contributed by atoms with E-state index in [1.807, 2.05) is 36.4 Å². The molecule has 4 aromatic rings. The summed E-state index contributed by atoms with van der Waals surface area (Å²) in [6.45, 7) is 0. The summed E-state index contributed by atoms with van der Waals surface area (Å²) in [5.74, 6) is 0.328. The first-order chi connectivity index (χ1) is 13.6. The van der Waals surface area contributed by atoms with Crippen molar-refractivity contribution >= 4 is 28.4 Å². The Bertz CT molecular complexity index is 1220. The van der Waals surface area contributed by atoms with E-state index in [4.69, 9.17) is 0 Å². The zero-order chi connectivity index (χ0) is 19.5. The van der Waals surface area contributed by atoms with Crippen LogP contribution in [0.15, 0.2) is 88.8 Å². The van der Waals surface area contributed by atoms with E-state index < -0.39 is 4.92 Å². The molecule has 0 spiro atoms. The maximum atomic E-state index is 13.1. The van der Waals surface area contributed by atoms with Gasteiger partial charge in [-0.1, -0.05) is 60.3 Å². The first kappa shape index (κ1) is 17.9.